The summed E-state index contributed by atoms with van der Waals surface area (Å²) in [6.45, 7) is -1.30. The second-order valence-corrected chi connectivity index (χ2v) is 16.1. The average Bonchev–Trinajstić information content (AvgIpc) is 3.77. The molecule has 8 aromatic rings. The van der Waals surface area contributed by atoms with Crippen molar-refractivity contribution in [2.24, 2.45) is 11.5 Å². The van der Waals surface area contributed by atoms with Gasteiger partial charge in [-0.05, 0) is 70.8 Å². The normalized spacial score (nSPS) is 12.8. The molecule has 71 heavy (non-hydrogen) atoms. The number of nitrogens with zero attached hydrogens (tertiary/aromatic N) is 4. The van der Waals surface area contributed by atoms with E-state index in [1.165, 1.54) is 60.9 Å². The molecule has 16 nitrogen and oxygen atoms in total. The van der Waals surface area contributed by atoms with Crippen molar-refractivity contribution in [2.45, 2.75) is 19.2 Å². The maximum absolute atomic E-state index is 14.1. The van der Waals surface area contributed by atoms with Crippen LogP contribution in [0.2, 0.25) is 0 Å². The number of ether oxygens (including phenoxy) is 3. The van der Waals surface area contributed by atoms with Gasteiger partial charge >= 0.3 is 0 Å². The number of halogens is 2. The number of aromatic hydroxyl groups is 1. The summed E-state index contributed by atoms with van der Waals surface area (Å²) >= 11 is 0. The number of rotatable bonds is 14. The van der Waals surface area contributed by atoms with Crippen LogP contribution in [-0.4, -0.2) is 73.5 Å². The first-order valence-corrected chi connectivity index (χ1v) is 21.7. The quantitative estimate of drug-likeness (QED) is 0.0941. The highest BCUT2D eigenvalue weighted by Gasteiger charge is 2.45. The van der Waals surface area contributed by atoms with Crippen LogP contribution >= 0.6 is 0 Å². The number of aromatic nitrogens is 2. The zero-order valence-electron chi connectivity index (χ0n) is 37.1. The fraction of sp³-hybridized carbons (Fsp3) is 0.0943. The Morgan fingerprint density at radius 1 is 0.521 bits per heavy atom. The van der Waals surface area contributed by atoms with Crippen molar-refractivity contribution < 1.29 is 56.9 Å². The van der Waals surface area contributed by atoms with Gasteiger partial charge in [0.25, 0.3) is 35.4 Å². The highest BCUT2D eigenvalue weighted by molar-refractivity contribution is 6.28. The summed E-state index contributed by atoms with van der Waals surface area (Å²) < 4.78 is 44.6. The Bertz CT molecular complexity index is 3400. The zero-order valence-corrected chi connectivity index (χ0v) is 37.1. The van der Waals surface area contributed by atoms with Crippen molar-refractivity contribution >= 4 is 57.2 Å². The van der Waals surface area contributed by atoms with Crippen molar-refractivity contribution in [3.8, 4) is 23.0 Å². The maximum atomic E-state index is 14.1. The number of hydrogen-bond donors (Lipinski definition) is 3. The largest absolute Gasteiger partial charge is 0.505 e. The molecule has 0 bridgehead atoms. The molecule has 5 N–H and O–H groups in total. The van der Waals surface area contributed by atoms with E-state index in [1.807, 2.05) is 60.7 Å². The lowest BCUT2D eigenvalue weighted by atomic mass is 9.99. The lowest BCUT2D eigenvalue weighted by Gasteiger charge is -2.23. The molecule has 2 aromatic heterocycles. The van der Waals surface area contributed by atoms with Gasteiger partial charge in [-0.15, -0.1) is 0 Å². The number of carbonyl (C=O) groups excluding carboxylic acids is 6. The molecule has 18 heteroatoms. The SMILES string of the molecule is NC(=O)COc1c2c(c(O)c3ncccc13)C(=O)N(Cc1ccc(F)cc1)C2=O.NC(=O)COc1c2c(c(OC(c3ccccc3)c3ccccc3)c3ncccc13)C(=O)N(Cc1ccc(F)cc1)C2=O. The van der Waals surface area contributed by atoms with Gasteiger partial charge in [0.2, 0.25) is 0 Å². The van der Waals surface area contributed by atoms with Crippen LogP contribution in [0.3, 0.4) is 0 Å². The topological polar surface area (TPSA) is 235 Å². The zero-order chi connectivity index (χ0) is 49.9. The minimum atomic E-state index is -0.774. The predicted octanol–water partition coefficient (Wildman–Crippen LogP) is 6.94. The van der Waals surface area contributed by atoms with Crippen LogP contribution in [0.25, 0.3) is 21.8 Å². The summed E-state index contributed by atoms with van der Waals surface area (Å²) in [5, 5.41) is 11.3. The van der Waals surface area contributed by atoms with Crippen LogP contribution in [0.1, 0.15) is 69.8 Å². The van der Waals surface area contributed by atoms with Gasteiger partial charge in [0, 0.05) is 23.2 Å². The van der Waals surface area contributed by atoms with E-state index >= 15 is 0 Å². The molecule has 0 fully saturated rings. The molecule has 10 rings (SSSR count). The Labute approximate surface area is 401 Å². The van der Waals surface area contributed by atoms with Crippen LogP contribution in [0.15, 0.2) is 146 Å². The van der Waals surface area contributed by atoms with Gasteiger partial charge in [-0.2, -0.15) is 0 Å². The van der Waals surface area contributed by atoms with Crippen LogP contribution < -0.4 is 25.7 Å². The van der Waals surface area contributed by atoms with Crippen molar-refractivity contribution in [3.05, 3.63) is 202 Å². The molecule has 2 aliphatic heterocycles. The molecular weight excluding hydrogens is 919 g/mol. The molecule has 0 unspecified atom stereocenters. The first-order chi connectivity index (χ1) is 34.3. The van der Waals surface area contributed by atoms with E-state index in [0.29, 0.717) is 16.5 Å². The average molecular weight is 957 g/mol. The molecular formula is C53H38F2N6O10. The number of pyridine rings is 2. The maximum Gasteiger partial charge on any atom is 0.265 e. The van der Waals surface area contributed by atoms with E-state index in [0.717, 1.165) is 20.9 Å². The molecule has 6 amide bonds. The first kappa shape index (κ1) is 46.5. The summed E-state index contributed by atoms with van der Waals surface area (Å²) in [6.07, 6.45) is 2.29. The number of amides is 6. The summed E-state index contributed by atoms with van der Waals surface area (Å²) in [4.78, 5) is 87.4. The number of primary amides is 2. The highest BCUT2D eigenvalue weighted by Crippen LogP contribution is 2.47. The third-order valence-corrected chi connectivity index (χ3v) is 11.5. The lowest BCUT2D eigenvalue weighted by Crippen LogP contribution is -2.29. The summed E-state index contributed by atoms with van der Waals surface area (Å²) in [5.41, 5.74) is 13.0. The number of benzene rings is 6. The highest BCUT2D eigenvalue weighted by atomic mass is 19.1. The molecule has 0 atom stereocenters. The van der Waals surface area contributed by atoms with Gasteiger partial charge in [-0.3, -0.25) is 48.5 Å². The molecule has 0 spiro atoms. The Kier molecular flexibility index (Phi) is 12.8. The van der Waals surface area contributed by atoms with Crippen LogP contribution in [0.5, 0.6) is 23.0 Å². The summed E-state index contributed by atoms with van der Waals surface area (Å²) in [5.74, 6) is -5.56. The van der Waals surface area contributed by atoms with Crippen molar-refractivity contribution in [1.29, 1.82) is 0 Å². The third-order valence-electron chi connectivity index (χ3n) is 11.5. The number of hydrogen-bond acceptors (Lipinski definition) is 12. The monoisotopic (exact) mass is 956 g/mol. The van der Waals surface area contributed by atoms with Crippen molar-refractivity contribution in [3.63, 3.8) is 0 Å². The standard InChI is InChI=1S/C33H24FN3O5.C20H14FN3O5/c34-23-15-13-20(14-16-23)18-37-32(39)26-27(33(37)40)31(28-24(12-7-17-36-28)30(26)41-19-25(35)38)42-29(21-8-3-1-4-9-21)22-10-5-2-6-11-22;21-11-5-3-10(4-6-11)8-24-19(27)14-15(20(24)28)18(29-9-13(22)25)12-2-1-7-23-16(12)17(14)26/h1-17,29H,18-19H2,(H2,35,38);1-7,26H,8-9H2,(H2,22,25). The first-order valence-electron chi connectivity index (χ1n) is 21.7. The molecule has 0 saturated carbocycles. The second-order valence-electron chi connectivity index (χ2n) is 16.1. The van der Waals surface area contributed by atoms with E-state index in [4.69, 9.17) is 25.7 Å². The fourth-order valence-corrected chi connectivity index (χ4v) is 8.29. The number of phenolic OH excluding ortho intramolecular Hbond substituents is 1. The fourth-order valence-electron chi connectivity index (χ4n) is 8.29. The molecule has 0 saturated heterocycles. The molecule has 354 valence electrons. The number of imide groups is 2. The molecule has 2 aliphatic rings. The van der Waals surface area contributed by atoms with Gasteiger partial charge in [0.15, 0.2) is 24.7 Å². The van der Waals surface area contributed by atoms with Gasteiger partial charge in [0.1, 0.15) is 51.4 Å². The van der Waals surface area contributed by atoms with Crippen molar-refractivity contribution in [1.82, 2.24) is 19.8 Å². The summed E-state index contributed by atoms with van der Waals surface area (Å²) in [6, 6.07) is 36.2. The van der Waals surface area contributed by atoms with E-state index in [2.05, 4.69) is 9.97 Å². The third kappa shape index (κ3) is 9.11. The lowest BCUT2D eigenvalue weighted by molar-refractivity contribution is -0.120. The molecule has 0 radical (unpaired) electrons. The van der Waals surface area contributed by atoms with Gasteiger partial charge < -0.3 is 30.8 Å². The number of phenols is 1. The minimum Gasteiger partial charge on any atom is -0.505 e. The molecule has 0 aliphatic carbocycles. The van der Waals surface area contributed by atoms with Crippen LogP contribution in [0, 0.1) is 11.6 Å². The van der Waals surface area contributed by atoms with Gasteiger partial charge in [-0.25, -0.2) is 8.78 Å². The Hall–Kier alpha value is -9.58. The molecule has 4 heterocycles. The van der Waals surface area contributed by atoms with E-state index in [1.54, 1.807) is 24.3 Å². The van der Waals surface area contributed by atoms with Gasteiger partial charge in [-0.1, -0.05) is 84.9 Å². The second kappa shape index (κ2) is 19.6. The van der Waals surface area contributed by atoms with E-state index in [9.17, 15) is 42.7 Å². The summed E-state index contributed by atoms with van der Waals surface area (Å²) in [7, 11) is 0. The Balaban J connectivity index is 0.000000188. The van der Waals surface area contributed by atoms with E-state index < -0.39 is 72.1 Å². The molecule has 6 aromatic carbocycles. The number of nitrogens with two attached hydrogens (primary N) is 2. The number of fused-ring (bicyclic) bond motifs is 4. The van der Waals surface area contributed by atoms with E-state index in [-0.39, 0.29) is 69.0 Å². The predicted molar refractivity (Wildman–Crippen MR) is 251 cm³/mol. The van der Waals surface area contributed by atoms with Crippen LogP contribution in [0.4, 0.5) is 8.78 Å². The van der Waals surface area contributed by atoms with Crippen molar-refractivity contribution in [2.75, 3.05) is 13.2 Å². The minimum absolute atomic E-state index is 0.00942. The Morgan fingerprint density at radius 2 is 0.915 bits per heavy atom. The van der Waals surface area contributed by atoms with Gasteiger partial charge in [0.05, 0.1) is 24.2 Å². The smallest absolute Gasteiger partial charge is 0.265 e. The Morgan fingerprint density at radius 3 is 1.37 bits per heavy atom. The van der Waals surface area contributed by atoms with Crippen LogP contribution in [-0.2, 0) is 22.7 Å². The number of carbonyl (C=O) groups is 6.